The number of benzene rings is 1. The molecule has 0 saturated carbocycles. The molecular formula is C12H17Cl2N. The maximum atomic E-state index is 6.12. The molecule has 0 aliphatic heterocycles. The lowest BCUT2D eigenvalue weighted by molar-refractivity contribution is 0.569. The average molecular weight is 246 g/mol. The third-order valence-corrected chi connectivity index (χ3v) is 3.12. The quantitative estimate of drug-likeness (QED) is 0.845. The Bertz CT molecular complexity index is 323. The van der Waals surface area contributed by atoms with Gasteiger partial charge >= 0.3 is 0 Å². The van der Waals surface area contributed by atoms with E-state index in [-0.39, 0.29) is 6.04 Å². The van der Waals surface area contributed by atoms with E-state index in [1.54, 1.807) is 0 Å². The van der Waals surface area contributed by atoms with Gasteiger partial charge in [0.05, 0.1) is 0 Å². The second-order valence-corrected chi connectivity index (χ2v) is 4.97. The van der Waals surface area contributed by atoms with Crippen LogP contribution in [0.4, 0.5) is 0 Å². The Labute approximate surface area is 102 Å². The van der Waals surface area contributed by atoms with Crippen LogP contribution >= 0.6 is 23.2 Å². The maximum absolute atomic E-state index is 6.12. The van der Waals surface area contributed by atoms with Gasteiger partial charge in [0.2, 0.25) is 0 Å². The van der Waals surface area contributed by atoms with Crippen LogP contribution in [0, 0.1) is 0 Å². The molecule has 0 fully saturated rings. The van der Waals surface area contributed by atoms with Gasteiger partial charge in [0.15, 0.2) is 0 Å². The van der Waals surface area contributed by atoms with Crippen molar-refractivity contribution >= 4 is 23.2 Å². The average Bonchev–Trinajstić information content (AvgIpc) is 2.18. The van der Waals surface area contributed by atoms with E-state index >= 15 is 0 Å². The van der Waals surface area contributed by atoms with E-state index in [1.807, 2.05) is 25.1 Å². The molecule has 2 N–H and O–H groups in total. The number of nitrogens with two attached hydrogens (primary N) is 1. The van der Waals surface area contributed by atoms with Crippen molar-refractivity contribution in [3.05, 3.63) is 33.8 Å². The highest BCUT2D eigenvalue weighted by Crippen LogP contribution is 2.30. The summed E-state index contributed by atoms with van der Waals surface area (Å²) in [5, 5.41) is 1.53. The molecule has 0 bridgehead atoms. The second-order valence-electron chi connectivity index (χ2n) is 4.12. The summed E-state index contributed by atoms with van der Waals surface area (Å²) >= 11 is 12.1. The Morgan fingerprint density at radius 2 is 1.87 bits per heavy atom. The van der Waals surface area contributed by atoms with Crippen molar-refractivity contribution in [2.24, 2.45) is 5.73 Å². The Hall–Kier alpha value is -0.240. The zero-order valence-electron chi connectivity index (χ0n) is 9.13. The van der Waals surface area contributed by atoms with Crippen molar-refractivity contribution < 1.29 is 0 Å². The lowest BCUT2D eigenvalue weighted by atomic mass is 9.94. The van der Waals surface area contributed by atoms with Gasteiger partial charge in [0.25, 0.3) is 0 Å². The summed E-state index contributed by atoms with van der Waals surface area (Å²) in [6.07, 6.45) is 2.04. The fraction of sp³-hybridized carbons (Fsp3) is 0.500. The van der Waals surface area contributed by atoms with Gasteiger partial charge in [-0.25, -0.2) is 0 Å². The zero-order chi connectivity index (χ0) is 11.4. The normalized spacial score (nSPS) is 15.0. The van der Waals surface area contributed by atoms with Crippen LogP contribution in [0.2, 0.25) is 10.0 Å². The molecule has 3 heteroatoms. The van der Waals surface area contributed by atoms with Crippen LogP contribution in [-0.4, -0.2) is 6.04 Å². The van der Waals surface area contributed by atoms with E-state index in [1.165, 1.54) is 0 Å². The first-order chi connectivity index (χ1) is 7.00. The molecule has 1 aromatic carbocycles. The SMILES string of the molecule is CC(N)CCC(C)c1cc(Cl)ccc1Cl. The van der Waals surface area contributed by atoms with E-state index in [2.05, 4.69) is 6.92 Å². The number of rotatable bonds is 4. The molecule has 0 amide bonds. The minimum atomic E-state index is 0.241. The van der Waals surface area contributed by atoms with Crippen LogP contribution in [-0.2, 0) is 0 Å². The molecule has 1 nitrogen and oxygen atoms in total. The molecule has 2 atom stereocenters. The molecule has 84 valence electrons. The van der Waals surface area contributed by atoms with Crippen LogP contribution < -0.4 is 5.73 Å². The fourth-order valence-electron chi connectivity index (χ4n) is 1.56. The Morgan fingerprint density at radius 3 is 2.47 bits per heavy atom. The molecule has 0 aromatic heterocycles. The van der Waals surface area contributed by atoms with Gasteiger partial charge < -0.3 is 5.73 Å². The summed E-state index contributed by atoms with van der Waals surface area (Å²) in [4.78, 5) is 0. The lowest BCUT2D eigenvalue weighted by Gasteiger charge is -2.15. The largest absolute Gasteiger partial charge is 0.328 e. The number of hydrogen-bond acceptors (Lipinski definition) is 1. The summed E-state index contributed by atoms with van der Waals surface area (Å²) in [7, 11) is 0. The molecule has 0 aliphatic carbocycles. The van der Waals surface area contributed by atoms with Gasteiger partial charge in [0, 0.05) is 16.1 Å². The minimum Gasteiger partial charge on any atom is -0.328 e. The molecule has 2 unspecified atom stereocenters. The summed E-state index contributed by atoms with van der Waals surface area (Å²) in [6.45, 7) is 4.17. The van der Waals surface area contributed by atoms with Gasteiger partial charge in [-0.15, -0.1) is 0 Å². The molecule has 1 aromatic rings. The first kappa shape index (κ1) is 12.8. The molecular weight excluding hydrogens is 229 g/mol. The third kappa shape index (κ3) is 4.02. The number of halogens is 2. The van der Waals surface area contributed by atoms with Crippen molar-refractivity contribution in [3.8, 4) is 0 Å². The monoisotopic (exact) mass is 245 g/mol. The van der Waals surface area contributed by atoms with Gasteiger partial charge in [-0.05, 0) is 49.4 Å². The van der Waals surface area contributed by atoms with Crippen molar-refractivity contribution in [3.63, 3.8) is 0 Å². The van der Waals surface area contributed by atoms with E-state index in [9.17, 15) is 0 Å². The topological polar surface area (TPSA) is 26.0 Å². The summed E-state index contributed by atoms with van der Waals surface area (Å²) in [5.41, 5.74) is 6.84. The van der Waals surface area contributed by atoms with Gasteiger partial charge in [-0.1, -0.05) is 30.1 Å². The third-order valence-electron chi connectivity index (χ3n) is 2.54. The molecule has 0 heterocycles. The van der Waals surface area contributed by atoms with Crippen LogP contribution in [0.1, 0.15) is 38.2 Å². The lowest BCUT2D eigenvalue weighted by Crippen LogP contribution is -2.15. The Morgan fingerprint density at radius 1 is 1.20 bits per heavy atom. The van der Waals surface area contributed by atoms with Crippen molar-refractivity contribution in [1.29, 1.82) is 0 Å². The van der Waals surface area contributed by atoms with Crippen LogP contribution in [0.3, 0.4) is 0 Å². The number of hydrogen-bond donors (Lipinski definition) is 1. The van der Waals surface area contributed by atoms with Crippen molar-refractivity contribution in [2.45, 2.75) is 38.6 Å². The fourth-order valence-corrected chi connectivity index (χ4v) is 2.05. The molecule has 0 spiro atoms. The molecule has 1 rings (SSSR count). The highest BCUT2D eigenvalue weighted by molar-refractivity contribution is 6.33. The van der Waals surface area contributed by atoms with Gasteiger partial charge in [-0.3, -0.25) is 0 Å². The van der Waals surface area contributed by atoms with Crippen LogP contribution in [0.25, 0.3) is 0 Å². The van der Waals surface area contributed by atoms with Crippen molar-refractivity contribution in [2.75, 3.05) is 0 Å². The van der Waals surface area contributed by atoms with Crippen molar-refractivity contribution in [1.82, 2.24) is 0 Å². The van der Waals surface area contributed by atoms with Crippen LogP contribution in [0.15, 0.2) is 18.2 Å². The van der Waals surface area contributed by atoms with E-state index in [4.69, 9.17) is 28.9 Å². The Balaban J connectivity index is 2.72. The van der Waals surface area contributed by atoms with E-state index < -0.39 is 0 Å². The van der Waals surface area contributed by atoms with E-state index in [0.717, 1.165) is 28.5 Å². The van der Waals surface area contributed by atoms with E-state index in [0.29, 0.717) is 5.92 Å². The van der Waals surface area contributed by atoms with Gasteiger partial charge in [0.1, 0.15) is 0 Å². The maximum Gasteiger partial charge on any atom is 0.0441 e. The molecule has 15 heavy (non-hydrogen) atoms. The van der Waals surface area contributed by atoms with Crippen LogP contribution in [0.5, 0.6) is 0 Å². The predicted molar refractivity (Wildman–Crippen MR) is 67.8 cm³/mol. The highest BCUT2D eigenvalue weighted by atomic mass is 35.5. The second kappa shape index (κ2) is 5.74. The summed E-state index contributed by atoms with van der Waals surface area (Å²) < 4.78 is 0. The molecule has 0 aliphatic rings. The first-order valence-electron chi connectivity index (χ1n) is 5.21. The highest BCUT2D eigenvalue weighted by Gasteiger charge is 2.10. The standard InChI is InChI=1S/C12H17Cl2N/c1-8(3-4-9(2)15)11-7-10(13)5-6-12(11)14/h5-9H,3-4,15H2,1-2H3. The molecule has 0 saturated heterocycles. The summed E-state index contributed by atoms with van der Waals surface area (Å²) in [5.74, 6) is 0.405. The Kier molecular flexibility index (Phi) is 4.91. The smallest absolute Gasteiger partial charge is 0.0441 e. The zero-order valence-corrected chi connectivity index (χ0v) is 10.6. The first-order valence-corrected chi connectivity index (χ1v) is 5.97. The summed E-state index contributed by atoms with van der Waals surface area (Å²) in [6, 6.07) is 5.84. The minimum absolute atomic E-state index is 0.241. The molecule has 0 radical (unpaired) electrons. The van der Waals surface area contributed by atoms with Gasteiger partial charge in [-0.2, -0.15) is 0 Å². The predicted octanol–water partition coefficient (Wildman–Crippen LogP) is 4.22.